The van der Waals surface area contributed by atoms with Gasteiger partial charge >= 0.3 is 0 Å². The van der Waals surface area contributed by atoms with Crippen molar-refractivity contribution in [3.05, 3.63) is 29.8 Å². The van der Waals surface area contributed by atoms with Gasteiger partial charge in [0.2, 0.25) is 0 Å². The standard InChI is InChI=1S/C15H23NO/c1-11-10-15(11)16-12(2)4-5-13-6-8-14(17-3)9-7-13/h6-9,11-12,15-16H,4-5,10H2,1-3H3. The summed E-state index contributed by atoms with van der Waals surface area (Å²) in [5.41, 5.74) is 1.39. The first-order valence-corrected chi connectivity index (χ1v) is 6.58. The van der Waals surface area contributed by atoms with Crippen LogP contribution in [0.1, 0.15) is 32.3 Å². The van der Waals surface area contributed by atoms with Gasteiger partial charge in [0.15, 0.2) is 0 Å². The van der Waals surface area contributed by atoms with Gasteiger partial charge in [0.1, 0.15) is 5.75 Å². The number of ether oxygens (including phenoxy) is 1. The summed E-state index contributed by atoms with van der Waals surface area (Å²) in [4.78, 5) is 0. The van der Waals surface area contributed by atoms with Crippen LogP contribution in [-0.4, -0.2) is 19.2 Å². The summed E-state index contributed by atoms with van der Waals surface area (Å²) in [7, 11) is 1.71. The van der Waals surface area contributed by atoms with Crippen molar-refractivity contribution in [1.82, 2.24) is 5.32 Å². The molecule has 0 bridgehead atoms. The molecule has 1 N–H and O–H groups in total. The van der Waals surface area contributed by atoms with E-state index in [1.807, 2.05) is 12.1 Å². The van der Waals surface area contributed by atoms with Gasteiger partial charge in [-0.2, -0.15) is 0 Å². The fourth-order valence-corrected chi connectivity index (χ4v) is 2.18. The lowest BCUT2D eigenvalue weighted by molar-refractivity contribution is 0.414. The fraction of sp³-hybridized carbons (Fsp3) is 0.600. The molecular weight excluding hydrogens is 210 g/mol. The molecule has 1 aromatic carbocycles. The first kappa shape index (κ1) is 12.4. The Labute approximate surface area is 104 Å². The number of nitrogens with one attached hydrogen (secondary N) is 1. The molecule has 0 radical (unpaired) electrons. The highest BCUT2D eigenvalue weighted by molar-refractivity contribution is 5.27. The molecule has 0 saturated heterocycles. The van der Waals surface area contributed by atoms with Crippen molar-refractivity contribution in [1.29, 1.82) is 0 Å². The van der Waals surface area contributed by atoms with Crippen LogP contribution in [0.4, 0.5) is 0 Å². The lowest BCUT2D eigenvalue weighted by Crippen LogP contribution is -2.29. The van der Waals surface area contributed by atoms with E-state index < -0.39 is 0 Å². The highest BCUT2D eigenvalue weighted by Crippen LogP contribution is 2.29. The van der Waals surface area contributed by atoms with E-state index in [0.717, 1.165) is 24.1 Å². The van der Waals surface area contributed by atoms with Crippen molar-refractivity contribution in [2.24, 2.45) is 5.92 Å². The Kier molecular flexibility index (Phi) is 4.06. The minimum atomic E-state index is 0.618. The average molecular weight is 233 g/mol. The predicted molar refractivity (Wildman–Crippen MR) is 71.5 cm³/mol. The Morgan fingerprint density at radius 2 is 2.00 bits per heavy atom. The van der Waals surface area contributed by atoms with Crippen molar-refractivity contribution >= 4 is 0 Å². The Bertz CT molecular complexity index is 346. The maximum Gasteiger partial charge on any atom is 0.118 e. The maximum atomic E-state index is 5.16. The topological polar surface area (TPSA) is 21.3 Å². The summed E-state index contributed by atoms with van der Waals surface area (Å²) < 4.78 is 5.16. The number of hydrogen-bond acceptors (Lipinski definition) is 2. The van der Waals surface area contributed by atoms with Gasteiger partial charge in [-0.3, -0.25) is 0 Å². The third kappa shape index (κ3) is 3.74. The van der Waals surface area contributed by atoms with Gasteiger partial charge in [-0.05, 0) is 49.8 Å². The molecule has 2 nitrogen and oxygen atoms in total. The second kappa shape index (κ2) is 5.54. The van der Waals surface area contributed by atoms with E-state index in [2.05, 4.69) is 31.3 Å². The summed E-state index contributed by atoms with van der Waals surface area (Å²) >= 11 is 0. The highest BCUT2D eigenvalue weighted by Gasteiger charge is 2.32. The van der Waals surface area contributed by atoms with Crippen LogP contribution in [0, 0.1) is 5.92 Å². The molecule has 17 heavy (non-hydrogen) atoms. The van der Waals surface area contributed by atoms with E-state index in [-0.39, 0.29) is 0 Å². The van der Waals surface area contributed by atoms with Gasteiger partial charge in [-0.15, -0.1) is 0 Å². The average Bonchev–Trinajstić information content (AvgIpc) is 3.03. The van der Waals surface area contributed by atoms with Crippen LogP contribution in [0.5, 0.6) is 5.75 Å². The molecule has 3 atom stereocenters. The molecule has 2 heteroatoms. The first-order chi connectivity index (χ1) is 8.19. The van der Waals surface area contributed by atoms with Crippen molar-refractivity contribution in [2.45, 2.75) is 45.2 Å². The molecule has 0 aromatic heterocycles. The number of aryl methyl sites for hydroxylation is 1. The predicted octanol–water partition coefficient (Wildman–Crippen LogP) is 3.01. The van der Waals surface area contributed by atoms with Crippen LogP contribution in [0.3, 0.4) is 0 Å². The Morgan fingerprint density at radius 3 is 2.53 bits per heavy atom. The molecule has 0 heterocycles. The maximum absolute atomic E-state index is 5.16. The summed E-state index contributed by atoms with van der Waals surface area (Å²) in [6.45, 7) is 4.60. The Morgan fingerprint density at radius 1 is 1.35 bits per heavy atom. The second-order valence-electron chi connectivity index (χ2n) is 5.27. The summed E-state index contributed by atoms with van der Waals surface area (Å²) in [5.74, 6) is 1.82. The molecule has 2 rings (SSSR count). The quantitative estimate of drug-likeness (QED) is 0.815. The molecule has 0 aliphatic heterocycles. The van der Waals surface area contributed by atoms with Crippen LogP contribution in [0.25, 0.3) is 0 Å². The van der Waals surface area contributed by atoms with E-state index in [0.29, 0.717) is 6.04 Å². The zero-order valence-electron chi connectivity index (χ0n) is 11.1. The van der Waals surface area contributed by atoms with Crippen LogP contribution in [0.15, 0.2) is 24.3 Å². The van der Waals surface area contributed by atoms with Gasteiger partial charge in [0, 0.05) is 12.1 Å². The largest absolute Gasteiger partial charge is 0.497 e. The minimum absolute atomic E-state index is 0.618. The summed E-state index contributed by atoms with van der Waals surface area (Å²) in [6, 6.07) is 9.79. The molecule has 94 valence electrons. The van der Waals surface area contributed by atoms with Crippen LogP contribution in [0.2, 0.25) is 0 Å². The highest BCUT2D eigenvalue weighted by atomic mass is 16.5. The van der Waals surface area contributed by atoms with E-state index in [4.69, 9.17) is 4.74 Å². The van der Waals surface area contributed by atoms with E-state index in [1.54, 1.807) is 7.11 Å². The third-order valence-electron chi connectivity index (χ3n) is 3.63. The van der Waals surface area contributed by atoms with Gasteiger partial charge in [-0.25, -0.2) is 0 Å². The first-order valence-electron chi connectivity index (χ1n) is 6.58. The molecule has 3 unspecified atom stereocenters. The molecule has 0 amide bonds. The van der Waals surface area contributed by atoms with Gasteiger partial charge < -0.3 is 10.1 Å². The van der Waals surface area contributed by atoms with Gasteiger partial charge in [0.05, 0.1) is 7.11 Å². The zero-order chi connectivity index (χ0) is 12.3. The summed E-state index contributed by atoms with van der Waals surface area (Å²) in [6.07, 6.45) is 3.70. The van der Waals surface area contributed by atoms with Crippen LogP contribution >= 0.6 is 0 Å². The van der Waals surface area contributed by atoms with Gasteiger partial charge in [-0.1, -0.05) is 19.1 Å². The molecule has 1 aromatic rings. The molecule has 0 spiro atoms. The SMILES string of the molecule is COc1ccc(CCC(C)NC2CC2C)cc1. The van der Waals surface area contributed by atoms with Crippen molar-refractivity contribution in [3.63, 3.8) is 0 Å². The minimum Gasteiger partial charge on any atom is -0.497 e. The molecular formula is C15H23NO. The lowest BCUT2D eigenvalue weighted by Gasteiger charge is -2.13. The number of benzene rings is 1. The zero-order valence-corrected chi connectivity index (χ0v) is 11.1. The Hall–Kier alpha value is -1.02. The van der Waals surface area contributed by atoms with E-state index in [9.17, 15) is 0 Å². The Balaban J connectivity index is 1.72. The normalized spacial score (nSPS) is 24.4. The van der Waals surface area contributed by atoms with Crippen molar-refractivity contribution < 1.29 is 4.74 Å². The van der Waals surface area contributed by atoms with Crippen LogP contribution < -0.4 is 10.1 Å². The lowest BCUT2D eigenvalue weighted by atomic mass is 10.1. The number of rotatable bonds is 6. The smallest absolute Gasteiger partial charge is 0.118 e. The number of hydrogen-bond donors (Lipinski definition) is 1. The molecule has 1 saturated carbocycles. The second-order valence-corrected chi connectivity index (χ2v) is 5.27. The molecule has 1 aliphatic carbocycles. The van der Waals surface area contributed by atoms with Crippen LogP contribution in [-0.2, 0) is 6.42 Å². The number of methoxy groups -OCH3 is 1. The van der Waals surface area contributed by atoms with Gasteiger partial charge in [0.25, 0.3) is 0 Å². The van der Waals surface area contributed by atoms with Crippen molar-refractivity contribution in [2.75, 3.05) is 7.11 Å². The summed E-state index contributed by atoms with van der Waals surface area (Å²) in [5, 5.41) is 3.67. The molecule has 1 fully saturated rings. The van der Waals surface area contributed by atoms with E-state index >= 15 is 0 Å². The molecule has 1 aliphatic rings. The van der Waals surface area contributed by atoms with E-state index in [1.165, 1.54) is 18.4 Å². The fourth-order valence-electron chi connectivity index (χ4n) is 2.18. The third-order valence-corrected chi connectivity index (χ3v) is 3.63. The van der Waals surface area contributed by atoms with Crippen molar-refractivity contribution in [3.8, 4) is 5.75 Å². The monoisotopic (exact) mass is 233 g/mol.